The number of Topliss-reactive ketones (excluding diaryl/α,β-unsaturated/α-hetero) is 1. The van der Waals surface area contributed by atoms with E-state index in [2.05, 4.69) is 20.8 Å². The lowest BCUT2D eigenvalue weighted by Crippen LogP contribution is -2.11. The highest BCUT2D eigenvalue weighted by Crippen LogP contribution is 2.22. The van der Waals surface area contributed by atoms with Crippen LogP contribution in [0.5, 0.6) is 0 Å². The number of halogens is 1. The summed E-state index contributed by atoms with van der Waals surface area (Å²) < 4.78 is 13.1. The van der Waals surface area contributed by atoms with Crippen molar-refractivity contribution < 1.29 is 9.18 Å². The Morgan fingerprint density at radius 3 is 2.25 bits per heavy atom. The Labute approximate surface area is 119 Å². The third-order valence-corrected chi connectivity index (χ3v) is 3.33. The molecule has 2 heteroatoms. The second-order valence-corrected chi connectivity index (χ2v) is 6.06. The molecule has 0 amide bonds. The summed E-state index contributed by atoms with van der Waals surface area (Å²) in [6.45, 7) is 6.46. The Morgan fingerprint density at radius 1 is 1.05 bits per heavy atom. The number of benzene rings is 2. The molecular formula is C18H19FO. The Balaban J connectivity index is 2.12. The van der Waals surface area contributed by atoms with Gasteiger partial charge in [-0.15, -0.1) is 0 Å². The van der Waals surface area contributed by atoms with E-state index in [1.165, 1.54) is 17.7 Å². The van der Waals surface area contributed by atoms with Crippen LogP contribution in [0, 0.1) is 5.82 Å². The first-order chi connectivity index (χ1) is 9.36. The summed E-state index contributed by atoms with van der Waals surface area (Å²) in [5.41, 5.74) is 2.71. The van der Waals surface area contributed by atoms with Crippen LogP contribution in [-0.2, 0) is 11.8 Å². The minimum Gasteiger partial charge on any atom is -0.294 e. The van der Waals surface area contributed by atoms with E-state index in [0.29, 0.717) is 12.0 Å². The van der Waals surface area contributed by atoms with Crippen LogP contribution >= 0.6 is 0 Å². The van der Waals surface area contributed by atoms with Gasteiger partial charge < -0.3 is 0 Å². The van der Waals surface area contributed by atoms with Crippen molar-refractivity contribution in [1.82, 2.24) is 0 Å². The molecule has 0 aromatic heterocycles. The topological polar surface area (TPSA) is 17.1 Å². The van der Waals surface area contributed by atoms with E-state index < -0.39 is 0 Å². The van der Waals surface area contributed by atoms with Crippen LogP contribution in [0.1, 0.15) is 42.3 Å². The molecule has 0 N–H and O–H groups in total. The normalized spacial score (nSPS) is 11.4. The molecule has 104 valence electrons. The van der Waals surface area contributed by atoms with Gasteiger partial charge in [-0.3, -0.25) is 4.79 Å². The van der Waals surface area contributed by atoms with E-state index >= 15 is 0 Å². The van der Waals surface area contributed by atoms with Crippen molar-refractivity contribution in [3.05, 3.63) is 71.0 Å². The first kappa shape index (κ1) is 14.4. The number of carbonyl (C=O) groups excluding carboxylic acids is 1. The van der Waals surface area contributed by atoms with Crippen LogP contribution in [0.4, 0.5) is 4.39 Å². The number of ketones is 1. The highest BCUT2D eigenvalue weighted by atomic mass is 19.1. The lowest BCUT2D eigenvalue weighted by Gasteiger charge is -2.19. The van der Waals surface area contributed by atoms with E-state index in [0.717, 1.165) is 5.56 Å². The summed E-state index contributed by atoms with van der Waals surface area (Å²) in [4.78, 5) is 12.1. The highest BCUT2D eigenvalue weighted by Gasteiger charge is 2.13. The fraction of sp³-hybridized carbons (Fsp3) is 0.278. The molecule has 0 saturated carbocycles. The van der Waals surface area contributed by atoms with E-state index in [1.807, 2.05) is 24.3 Å². The van der Waals surface area contributed by atoms with Crippen LogP contribution in [-0.4, -0.2) is 5.78 Å². The highest BCUT2D eigenvalue weighted by molar-refractivity contribution is 5.97. The fourth-order valence-corrected chi connectivity index (χ4v) is 2.07. The molecule has 0 spiro atoms. The van der Waals surface area contributed by atoms with E-state index in [1.54, 1.807) is 12.1 Å². The minimum absolute atomic E-state index is 0.0620. The smallest absolute Gasteiger partial charge is 0.167 e. The molecule has 0 unspecified atom stereocenters. The standard InChI is InChI=1S/C18H19FO/c1-18(2,3)15-9-7-13(8-10-15)11-17(20)14-5-4-6-16(19)12-14/h4-10,12H,11H2,1-3H3. The van der Waals surface area contributed by atoms with Gasteiger partial charge in [0.2, 0.25) is 0 Å². The molecule has 0 radical (unpaired) electrons. The van der Waals surface area contributed by atoms with Gasteiger partial charge >= 0.3 is 0 Å². The summed E-state index contributed by atoms with van der Waals surface area (Å²) in [5.74, 6) is -0.438. The van der Waals surface area contributed by atoms with Crippen LogP contribution in [0.2, 0.25) is 0 Å². The molecule has 2 rings (SSSR count). The molecule has 1 nitrogen and oxygen atoms in total. The van der Waals surface area contributed by atoms with Crippen molar-refractivity contribution >= 4 is 5.78 Å². The Kier molecular flexibility index (Phi) is 4.03. The van der Waals surface area contributed by atoms with Gasteiger partial charge in [0.05, 0.1) is 0 Å². The molecule has 0 aliphatic rings. The monoisotopic (exact) mass is 270 g/mol. The van der Waals surface area contributed by atoms with Crippen LogP contribution < -0.4 is 0 Å². The van der Waals surface area contributed by atoms with E-state index in [4.69, 9.17) is 0 Å². The van der Waals surface area contributed by atoms with Crippen LogP contribution in [0.25, 0.3) is 0 Å². The molecule has 20 heavy (non-hydrogen) atoms. The maximum atomic E-state index is 13.1. The van der Waals surface area contributed by atoms with Gasteiger partial charge in [-0.05, 0) is 28.7 Å². The average Bonchev–Trinajstić information content (AvgIpc) is 2.38. The predicted molar refractivity (Wildman–Crippen MR) is 79.6 cm³/mol. The Bertz CT molecular complexity index is 606. The molecule has 0 atom stereocenters. The largest absolute Gasteiger partial charge is 0.294 e. The molecule has 2 aromatic rings. The second kappa shape index (κ2) is 5.58. The number of rotatable bonds is 3. The molecule has 0 aliphatic heterocycles. The maximum absolute atomic E-state index is 13.1. The quantitative estimate of drug-likeness (QED) is 0.748. The third kappa shape index (κ3) is 3.53. The molecule has 0 saturated heterocycles. The summed E-state index contributed by atoms with van der Waals surface area (Å²) in [5, 5.41) is 0. The number of carbonyl (C=O) groups is 1. The SMILES string of the molecule is CC(C)(C)c1ccc(CC(=O)c2cccc(F)c2)cc1. The van der Waals surface area contributed by atoms with Crippen LogP contribution in [0.15, 0.2) is 48.5 Å². The van der Waals surface area contributed by atoms with Crippen molar-refractivity contribution in [3.63, 3.8) is 0 Å². The van der Waals surface area contributed by atoms with Gasteiger partial charge in [-0.2, -0.15) is 0 Å². The summed E-state index contributed by atoms with van der Waals surface area (Å²) >= 11 is 0. The summed E-state index contributed by atoms with van der Waals surface area (Å²) in [6.07, 6.45) is 0.299. The molecular weight excluding hydrogens is 251 g/mol. The predicted octanol–water partition coefficient (Wildman–Crippen LogP) is 4.55. The molecule has 0 fully saturated rings. The molecule has 0 heterocycles. The molecule has 0 bridgehead atoms. The van der Waals surface area contributed by atoms with Crippen molar-refractivity contribution in [3.8, 4) is 0 Å². The van der Waals surface area contributed by atoms with Crippen molar-refractivity contribution in [2.45, 2.75) is 32.6 Å². The molecule has 0 aliphatic carbocycles. The Hall–Kier alpha value is -1.96. The van der Waals surface area contributed by atoms with Gasteiger partial charge in [-0.1, -0.05) is 57.2 Å². The zero-order valence-electron chi connectivity index (χ0n) is 12.1. The van der Waals surface area contributed by atoms with E-state index in [-0.39, 0.29) is 17.0 Å². The number of hydrogen-bond acceptors (Lipinski definition) is 1. The third-order valence-electron chi connectivity index (χ3n) is 3.33. The minimum atomic E-state index is -0.376. The summed E-state index contributed by atoms with van der Waals surface area (Å²) in [6, 6.07) is 13.9. The van der Waals surface area contributed by atoms with Crippen LogP contribution in [0.3, 0.4) is 0 Å². The Morgan fingerprint density at radius 2 is 1.70 bits per heavy atom. The van der Waals surface area contributed by atoms with Gasteiger partial charge in [0, 0.05) is 12.0 Å². The number of hydrogen-bond donors (Lipinski definition) is 0. The first-order valence-corrected chi connectivity index (χ1v) is 6.74. The van der Waals surface area contributed by atoms with Crippen molar-refractivity contribution in [1.29, 1.82) is 0 Å². The van der Waals surface area contributed by atoms with Crippen molar-refractivity contribution in [2.24, 2.45) is 0 Å². The van der Waals surface area contributed by atoms with Gasteiger partial charge in [0.25, 0.3) is 0 Å². The zero-order valence-corrected chi connectivity index (χ0v) is 12.1. The first-order valence-electron chi connectivity index (χ1n) is 6.74. The summed E-state index contributed by atoms with van der Waals surface area (Å²) in [7, 11) is 0. The van der Waals surface area contributed by atoms with Crippen molar-refractivity contribution in [2.75, 3.05) is 0 Å². The van der Waals surface area contributed by atoms with E-state index in [9.17, 15) is 9.18 Å². The van der Waals surface area contributed by atoms with Gasteiger partial charge in [-0.25, -0.2) is 4.39 Å². The molecule has 2 aromatic carbocycles. The average molecular weight is 270 g/mol. The fourth-order valence-electron chi connectivity index (χ4n) is 2.07. The maximum Gasteiger partial charge on any atom is 0.167 e. The van der Waals surface area contributed by atoms with Gasteiger partial charge in [0.1, 0.15) is 5.82 Å². The second-order valence-electron chi connectivity index (χ2n) is 6.06. The lowest BCUT2D eigenvalue weighted by molar-refractivity contribution is 0.0992. The van der Waals surface area contributed by atoms with Gasteiger partial charge in [0.15, 0.2) is 5.78 Å². The zero-order chi connectivity index (χ0) is 14.8. The lowest BCUT2D eigenvalue weighted by atomic mass is 9.86.